The fourth-order valence-corrected chi connectivity index (χ4v) is 6.57. The number of carbonyl (C=O) groups excluding carboxylic acids is 1. The number of benzene rings is 2. The van der Waals surface area contributed by atoms with E-state index in [4.69, 9.17) is 4.52 Å². The topological polar surface area (TPSA) is 96.6 Å². The Bertz CT molecular complexity index is 1320. The average Bonchev–Trinajstić information content (AvgIpc) is 3.54. The summed E-state index contributed by atoms with van der Waals surface area (Å²) in [5.74, 6) is 0.537. The molecule has 0 aliphatic carbocycles. The summed E-state index contributed by atoms with van der Waals surface area (Å²) in [7, 11) is -3.64. The van der Waals surface area contributed by atoms with Crippen molar-refractivity contribution in [3.05, 3.63) is 65.5 Å². The van der Waals surface area contributed by atoms with Crippen LogP contribution in [0.4, 0.5) is 0 Å². The molecule has 2 aromatic carbocycles. The van der Waals surface area contributed by atoms with E-state index >= 15 is 0 Å². The molecule has 5 rings (SSSR count). The van der Waals surface area contributed by atoms with Crippen LogP contribution in [0.1, 0.15) is 48.7 Å². The second kappa shape index (κ2) is 9.54. The van der Waals surface area contributed by atoms with Crippen molar-refractivity contribution in [1.29, 1.82) is 0 Å². The average molecular weight is 495 g/mol. The number of hydrogen-bond acceptors (Lipinski definition) is 6. The Balaban J connectivity index is 1.32. The lowest BCUT2D eigenvalue weighted by molar-refractivity contribution is -0.138. The number of amides is 1. The van der Waals surface area contributed by atoms with E-state index in [0.717, 1.165) is 29.5 Å². The first-order valence-electron chi connectivity index (χ1n) is 12.1. The summed E-state index contributed by atoms with van der Waals surface area (Å²) in [5.41, 5.74) is 2.96. The molecule has 3 aromatic rings. The minimum Gasteiger partial charge on any atom is -0.337 e. The zero-order valence-electron chi connectivity index (χ0n) is 20.1. The lowest BCUT2D eigenvalue weighted by Gasteiger charge is -2.34. The number of aromatic nitrogens is 2. The number of aryl methyl sites for hydroxylation is 2. The molecule has 2 saturated heterocycles. The molecule has 2 aliphatic rings. The summed E-state index contributed by atoms with van der Waals surface area (Å²) < 4.78 is 33.5. The van der Waals surface area contributed by atoms with Crippen LogP contribution in [0.25, 0.3) is 11.4 Å². The van der Waals surface area contributed by atoms with Crippen molar-refractivity contribution >= 4 is 15.9 Å². The normalized spacial score (nSPS) is 21.4. The fraction of sp³-hybridized carbons (Fsp3) is 0.423. The molecule has 0 spiro atoms. The van der Waals surface area contributed by atoms with Crippen molar-refractivity contribution in [2.75, 3.05) is 19.6 Å². The third-order valence-electron chi connectivity index (χ3n) is 7.04. The van der Waals surface area contributed by atoms with E-state index in [1.807, 2.05) is 43.0 Å². The van der Waals surface area contributed by atoms with E-state index in [1.165, 1.54) is 4.31 Å². The lowest BCUT2D eigenvalue weighted by atomic mass is 9.97. The van der Waals surface area contributed by atoms with Gasteiger partial charge in [-0.2, -0.15) is 9.29 Å². The van der Waals surface area contributed by atoms with Gasteiger partial charge in [-0.15, -0.1) is 0 Å². The predicted molar refractivity (Wildman–Crippen MR) is 131 cm³/mol. The van der Waals surface area contributed by atoms with E-state index in [1.54, 1.807) is 24.3 Å². The minimum absolute atomic E-state index is 0.0352. The van der Waals surface area contributed by atoms with Gasteiger partial charge < -0.3 is 9.42 Å². The molecule has 184 valence electrons. The third kappa shape index (κ3) is 4.62. The van der Waals surface area contributed by atoms with Crippen LogP contribution in [0.15, 0.2) is 57.9 Å². The number of nitrogens with zero attached hydrogens (tertiary/aromatic N) is 4. The first-order chi connectivity index (χ1) is 16.8. The van der Waals surface area contributed by atoms with Crippen LogP contribution in [0.3, 0.4) is 0 Å². The maximum absolute atomic E-state index is 13.6. The van der Waals surface area contributed by atoms with Crippen LogP contribution < -0.4 is 0 Å². The van der Waals surface area contributed by atoms with Gasteiger partial charge in [-0.25, -0.2) is 8.42 Å². The Morgan fingerprint density at radius 1 is 1.00 bits per heavy atom. The maximum atomic E-state index is 13.6. The molecule has 9 heteroatoms. The van der Waals surface area contributed by atoms with Crippen molar-refractivity contribution in [3.63, 3.8) is 0 Å². The van der Waals surface area contributed by atoms with E-state index in [9.17, 15) is 13.2 Å². The zero-order chi connectivity index (χ0) is 24.6. The molecular formula is C26H30N4O4S. The molecule has 0 unspecified atom stereocenters. The van der Waals surface area contributed by atoms with Crippen LogP contribution in [0.5, 0.6) is 0 Å². The van der Waals surface area contributed by atoms with Crippen molar-refractivity contribution in [2.24, 2.45) is 5.92 Å². The van der Waals surface area contributed by atoms with Crippen molar-refractivity contribution in [2.45, 2.75) is 50.5 Å². The minimum atomic E-state index is -3.64. The number of sulfonamides is 1. The molecule has 1 amide bonds. The van der Waals surface area contributed by atoms with Crippen molar-refractivity contribution in [1.82, 2.24) is 19.3 Å². The Hall–Kier alpha value is -3.04. The number of hydrogen-bond donors (Lipinski definition) is 0. The van der Waals surface area contributed by atoms with Gasteiger partial charge in [0, 0.05) is 25.2 Å². The molecule has 0 saturated carbocycles. The molecule has 35 heavy (non-hydrogen) atoms. The monoisotopic (exact) mass is 494 g/mol. The summed E-state index contributed by atoms with van der Waals surface area (Å²) in [5, 5.41) is 4.17. The predicted octanol–water partition coefficient (Wildman–Crippen LogP) is 4.12. The highest BCUT2D eigenvalue weighted by molar-refractivity contribution is 7.89. The van der Waals surface area contributed by atoms with E-state index < -0.39 is 10.0 Å². The van der Waals surface area contributed by atoms with Gasteiger partial charge in [0.15, 0.2) is 0 Å². The SMILES string of the molecule is Cc1ccc(S(=O)(=O)N2CCC[C@H](C(=O)N3CCC[C@H]3c3nc(-c4ccccc4C)no3)C2)cc1. The highest BCUT2D eigenvalue weighted by Crippen LogP contribution is 2.35. The third-order valence-corrected chi connectivity index (χ3v) is 8.92. The standard InChI is InChI=1S/C26H30N4O4S/c1-18-11-13-21(14-12-18)35(32,33)29-15-5-8-20(17-29)26(31)30-16-6-10-23(30)25-27-24(28-34-25)22-9-4-3-7-19(22)2/h3-4,7,9,11-14,20,23H,5-6,8,10,15-17H2,1-2H3/t20-,23-/m0/s1. The number of carbonyl (C=O) groups is 1. The first-order valence-corrected chi connectivity index (χ1v) is 13.6. The molecule has 2 aliphatic heterocycles. The van der Waals surface area contributed by atoms with Crippen LogP contribution in [-0.2, 0) is 14.8 Å². The molecule has 0 radical (unpaired) electrons. The smallest absolute Gasteiger partial charge is 0.249 e. The highest BCUT2D eigenvalue weighted by atomic mass is 32.2. The van der Waals surface area contributed by atoms with Gasteiger partial charge >= 0.3 is 0 Å². The first kappa shape index (κ1) is 23.7. The summed E-state index contributed by atoms with van der Waals surface area (Å²) >= 11 is 0. The van der Waals surface area contributed by atoms with Gasteiger partial charge in [-0.05, 0) is 57.2 Å². The molecule has 2 fully saturated rings. The van der Waals surface area contributed by atoms with Crippen LogP contribution in [0, 0.1) is 19.8 Å². The quantitative estimate of drug-likeness (QED) is 0.529. The van der Waals surface area contributed by atoms with Gasteiger partial charge in [0.1, 0.15) is 6.04 Å². The van der Waals surface area contributed by atoms with Gasteiger partial charge in [0.2, 0.25) is 27.6 Å². The molecule has 0 N–H and O–H groups in total. The number of likely N-dealkylation sites (tertiary alicyclic amines) is 1. The van der Waals surface area contributed by atoms with Crippen LogP contribution in [-0.4, -0.2) is 53.3 Å². The Morgan fingerprint density at radius 2 is 1.74 bits per heavy atom. The summed E-state index contributed by atoms with van der Waals surface area (Å²) in [6.07, 6.45) is 2.91. The molecule has 1 aromatic heterocycles. The second-order valence-electron chi connectivity index (χ2n) is 9.48. The van der Waals surface area contributed by atoms with Crippen molar-refractivity contribution in [3.8, 4) is 11.4 Å². The molecule has 0 bridgehead atoms. The summed E-state index contributed by atoms with van der Waals surface area (Å²) in [4.78, 5) is 20.3. The van der Waals surface area contributed by atoms with Gasteiger partial charge in [0.05, 0.1) is 10.8 Å². The zero-order valence-corrected chi connectivity index (χ0v) is 20.9. The van der Waals surface area contributed by atoms with Crippen molar-refractivity contribution < 1.29 is 17.7 Å². The number of rotatable bonds is 5. The van der Waals surface area contributed by atoms with Gasteiger partial charge in [-0.1, -0.05) is 47.1 Å². The summed E-state index contributed by atoms with van der Waals surface area (Å²) in [6.45, 7) is 5.14. The van der Waals surface area contributed by atoms with Gasteiger partial charge in [0.25, 0.3) is 0 Å². The van der Waals surface area contributed by atoms with Crippen LogP contribution >= 0.6 is 0 Å². The molecular weight excluding hydrogens is 464 g/mol. The second-order valence-corrected chi connectivity index (χ2v) is 11.4. The number of piperidine rings is 1. The highest BCUT2D eigenvalue weighted by Gasteiger charge is 2.40. The Morgan fingerprint density at radius 3 is 2.51 bits per heavy atom. The van der Waals surface area contributed by atoms with Crippen LogP contribution in [0.2, 0.25) is 0 Å². The lowest BCUT2D eigenvalue weighted by Crippen LogP contribution is -2.46. The fourth-order valence-electron chi connectivity index (χ4n) is 5.05. The summed E-state index contributed by atoms with van der Waals surface area (Å²) in [6, 6.07) is 14.4. The molecule has 8 nitrogen and oxygen atoms in total. The van der Waals surface area contributed by atoms with E-state index in [-0.39, 0.29) is 29.3 Å². The Labute approximate surface area is 206 Å². The molecule has 2 atom stereocenters. The Kier molecular flexibility index (Phi) is 6.46. The maximum Gasteiger partial charge on any atom is 0.249 e. The van der Waals surface area contributed by atoms with Gasteiger partial charge in [-0.3, -0.25) is 4.79 Å². The largest absolute Gasteiger partial charge is 0.337 e. The van der Waals surface area contributed by atoms with E-state index in [2.05, 4.69) is 10.1 Å². The molecule has 3 heterocycles. The van der Waals surface area contributed by atoms with E-state index in [0.29, 0.717) is 37.6 Å².